The van der Waals surface area contributed by atoms with Crippen molar-refractivity contribution in [3.63, 3.8) is 0 Å². The second-order valence-electron chi connectivity index (χ2n) is 4.35. The molecular weight excluding hydrogens is 218 g/mol. The number of benzene rings is 1. The highest BCUT2D eigenvalue weighted by Crippen LogP contribution is 2.22. The van der Waals surface area contributed by atoms with Gasteiger partial charge in [0.15, 0.2) is 0 Å². The molecule has 0 atom stereocenters. The van der Waals surface area contributed by atoms with Crippen molar-refractivity contribution in [3.05, 3.63) is 23.3 Å². The van der Waals surface area contributed by atoms with Gasteiger partial charge in [-0.15, -0.1) is 12.6 Å². The highest BCUT2D eigenvalue weighted by molar-refractivity contribution is 7.80. The molecule has 1 fully saturated rings. The number of rotatable bonds is 2. The van der Waals surface area contributed by atoms with E-state index >= 15 is 0 Å². The summed E-state index contributed by atoms with van der Waals surface area (Å²) >= 11 is 4.44. The summed E-state index contributed by atoms with van der Waals surface area (Å²) in [5, 5.41) is 3.36. The molecule has 4 heteroatoms. The van der Waals surface area contributed by atoms with Crippen LogP contribution in [-0.2, 0) is 6.54 Å². The van der Waals surface area contributed by atoms with E-state index in [0.29, 0.717) is 0 Å². The van der Waals surface area contributed by atoms with Gasteiger partial charge in [0.1, 0.15) is 0 Å². The molecule has 88 valence electrons. The Kier molecular flexibility index (Phi) is 3.74. The van der Waals surface area contributed by atoms with Crippen molar-refractivity contribution in [1.29, 1.82) is 0 Å². The van der Waals surface area contributed by atoms with Crippen LogP contribution in [0.15, 0.2) is 17.0 Å². The molecule has 1 heterocycles. The second-order valence-corrected chi connectivity index (χ2v) is 4.83. The minimum Gasteiger partial charge on any atom is -0.399 e. The molecule has 1 aliphatic heterocycles. The Hall–Kier alpha value is -0.710. The zero-order valence-electron chi connectivity index (χ0n) is 9.66. The predicted molar refractivity (Wildman–Crippen MR) is 71.0 cm³/mol. The number of nitrogens with zero attached hydrogens (tertiary/aromatic N) is 1. The van der Waals surface area contributed by atoms with Crippen LogP contribution in [0.25, 0.3) is 0 Å². The lowest BCUT2D eigenvalue weighted by Crippen LogP contribution is -2.43. The lowest BCUT2D eigenvalue weighted by molar-refractivity contribution is 0.232. The Balaban J connectivity index is 2.13. The van der Waals surface area contributed by atoms with Gasteiger partial charge in [0.2, 0.25) is 0 Å². The molecule has 1 saturated heterocycles. The summed E-state index contributed by atoms with van der Waals surface area (Å²) in [5.41, 5.74) is 9.20. The Morgan fingerprint density at radius 2 is 2.06 bits per heavy atom. The first-order valence-corrected chi connectivity index (χ1v) is 6.12. The molecule has 16 heavy (non-hydrogen) atoms. The number of nitrogens with one attached hydrogen (secondary N) is 1. The molecule has 0 spiro atoms. The molecule has 0 aliphatic carbocycles. The van der Waals surface area contributed by atoms with Crippen LogP contribution >= 0.6 is 12.6 Å². The average Bonchev–Trinajstić information content (AvgIpc) is 2.27. The molecule has 2 rings (SSSR count). The van der Waals surface area contributed by atoms with E-state index in [2.05, 4.69) is 35.8 Å². The van der Waals surface area contributed by atoms with Crippen molar-refractivity contribution in [2.45, 2.75) is 18.4 Å². The smallest absolute Gasteiger partial charge is 0.0328 e. The van der Waals surface area contributed by atoms with Crippen LogP contribution in [0.1, 0.15) is 11.1 Å². The van der Waals surface area contributed by atoms with E-state index in [9.17, 15) is 0 Å². The molecule has 0 radical (unpaired) electrons. The Morgan fingerprint density at radius 3 is 2.75 bits per heavy atom. The highest BCUT2D eigenvalue weighted by Gasteiger charge is 2.12. The van der Waals surface area contributed by atoms with Gasteiger partial charge in [0, 0.05) is 43.3 Å². The van der Waals surface area contributed by atoms with Crippen molar-refractivity contribution in [3.8, 4) is 0 Å². The number of hydrogen-bond donors (Lipinski definition) is 3. The summed E-state index contributed by atoms with van der Waals surface area (Å²) in [7, 11) is 0. The number of piperazine rings is 1. The SMILES string of the molecule is Cc1c(S)cc(N)cc1CN1CCNCC1. The van der Waals surface area contributed by atoms with E-state index in [0.717, 1.165) is 43.3 Å². The van der Waals surface area contributed by atoms with Gasteiger partial charge in [-0.3, -0.25) is 4.90 Å². The highest BCUT2D eigenvalue weighted by atomic mass is 32.1. The van der Waals surface area contributed by atoms with E-state index < -0.39 is 0 Å². The van der Waals surface area contributed by atoms with Gasteiger partial charge in [-0.05, 0) is 30.2 Å². The summed E-state index contributed by atoms with van der Waals surface area (Å²) < 4.78 is 0. The molecule has 0 aromatic heterocycles. The molecule has 0 bridgehead atoms. The van der Waals surface area contributed by atoms with Crippen LogP contribution in [-0.4, -0.2) is 31.1 Å². The zero-order chi connectivity index (χ0) is 11.5. The first-order valence-electron chi connectivity index (χ1n) is 5.68. The lowest BCUT2D eigenvalue weighted by Gasteiger charge is -2.28. The number of anilines is 1. The third-order valence-corrected chi connectivity index (χ3v) is 3.58. The summed E-state index contributed by atoms with van der Waals surface area (Å²) in [6.45, 7) is 7.46. The minimum absolute atomic E-state index is 0.806. The van der Waals surface area contributed by atoms with Crippen LogP contribution in [0.2, 0.25) is 0 Å². The lowest BCUT2D eigenvalue weighted by atomic mass is 10.1. The third kappa shape index (κ3) is 2.70. The van der Waals surface area contributed by atoms with Crippen LogP contribution in [0.5, 0.6) is 0 Å². The minimum atomic E-state index is 0.806. The van der Waals surface area contributed by atoms with Crippen molar-refractivity contribution in [2.24, 2.45) is 0 Å². The Morgan fingerprint density at radius 1 is 1.38 bits per heavy atom. The van der Waals surface area contributed by atoms with Crippen molar-refractivity contribution in [1.82, 2.24) is 10.2 Å². The summed E-state index contributed by atoms with van der Waals surface area (Å²) in [4.78, 5) is 3.44. The third-order valence-electron chi connectivity index (χ3n) is 3.11. The Bertz CT molecular complexity index is 373. The topological polar surface area (TPSA) is 41.3 Å². The fraction of sp³-hybridized carbons (Fsp3) is 0.500. The largest absolute Gasteiger partial charge is 0.399 e. The normalized spacial score (nSPS) is 17.6. The summed E-state index contributed by atoms with van der Waals surface area (Å²) in [5.74, 6) is 0. The second kappa shape index (κ2) is 5.08. The van der Waals surface area contributed by atoms with Gasteiger partial charge in [-0.25, -0.2) is 0 Å². The maximum Gasteiger partial charge on any atom is 0.0328 e. The standard InChI is InChI=1S/C12H19N3S/c1-9-10(6-11(13)7-12(9)16)8-15-4-2-14-3-5-15/h6-7,14,16H,2-5,8,13H2,1H3. The summed E-state index contributed by atoms with van der Waals surface area (Å²) in [6.07, 6.45) is 0. The molecule has 0 unspecified atom stereocenters. The van der Waals surface area contributed by atoms with Crippen molar-refractivity contribution < 1.29 is 0 Å². The molecule has 3 nitrogen and oxygen atoms in total. The maximum atomic E-state index is 5.85. The summed E-state index contributed by atoms with van der Waals surface area (Å²) in [6, 6.07) is 3.98. The average molecular weight is 237 g/mol. The molecular formula is C12H19N3S. The molecule has 0 amide bonds. The van der Waals surface area contributed by atoms with Crippen LogP contribution in [0.4, 0.5) is 5.69 Å². The van der Waals surface area contributed by atoms with Gasteiger partial charge in [-0.1, -0.05) is 0 Å². The fourth-order valence-electron chi connectivity index (χ4n) is 2.06. The van der Waals surface area contributed by atoms with E-state index in [4.69, 9.17) is 5.73 Å². The number of thiol groups is 1. The van der Waals surface area contributed by atoms with Gasteiger partial charge >= 0.3 is 0 Å². The van der Waals surface area contributed by atoms with E-state index in [1.807, 2.05) is 6.07 Å². The first kappa shape index (κ1) is 11.8. The van der Waals surface area contributed by atoms with Gasteiger partial charge in [-0.2, -0.15) is 0 Å². The zero-order valence-corrected chi connectivity index (χ0v) is 10.6. The maximum absolute atomic E-state index is 5.85. The number of nitrogen functional groups attached to an aromatic ring is 1. The molecule has 0 saturated carbocycles. The number of hydrogen-bond acceptors (Lipinski definition) is 4. The quantitative estimate of drug-likeness (QED) is 0.536. The van der Waals surface area contributed by atoms with Crippen molar-refractivity contribution >= 4 is 18.3 Å². The predicted octanol–water partition coefficient (Wildman–Crippen LogP) is 1.27. The van der Waals surface area contributed by atoms with Gasteiger partial charge < -0.3 is 11.1 Å². The molecule has 1 aromatic rings. The van der Waals surface area contributed by atoms with Crippen molar-refractivity contribution in [2.75, 3.05) is 31.9 Å². The molecule has 1 aliphatic rings. The van der Waals surface area contributed by atoms with E-state index in [-0.39, 0.29) is 0 Å². The van der Waals surface area contributed by atoms with E-state index in [1.54, 1.807) is 0 Å². The number of nitrogens with two attached hydrogens (primary N) is 1. The van der Waals surface area contributed by atoms with Gasteiger partial charge in [0.25, 0.3) is 0 Å². The van der Waals surface area contributed by atoms with E-state index in [1.165, 1.54) is 11.1 Å². The monoisotopic (exact) mass is 237 g/mol. The molecule has 1 aromatic carbocycles. The van der Waals surface area contributed by atoms with Crippen LogP contribution in [0, 0.1) is 6.92 Å². The van der Waals surface area contributed by atoms with Crippen LogP contribution < -0.4 is 11.1 Å². The van der Waals surface area contributed by atoms with Crippen LogP contribution in [0.3, 0.4) is 0 Å². The first-order chi connectivity index (χ1) is 7.66. The fourth-order valence-corrected chi connectivity index (χ4v) is 2.35. The van der Waals surface area contributed by atoms with Gasteiger partial charge in [0.05, 0.1) is 0 Å². The Labute approximate surface area is 102 Å². The molecule has 3 N–H and O–H groups in total.